The molecule has 1 saturated carbocycles. The third-order valence-corrected chi connectivity index (χ3v) is 4.31. The number of hydrogen-bond acceptors (Lipinski definition) is 3. The number of benzene rings is 1. The van der Waals surface area contributed by atoms with Crippen LogP contribution in [0.2, 0.25) is 0 Å². The summed E-state index contributed by atoms with van der Waals surface area (Å²) in [6.45, 7) is 0.131. The van der Waals surface area contributed by atoms with Crippen molar-refractivity contribution in [2.45, 2.75) is 25.0 Å². The van der Waals surface area contributed by atoms with Crippen molar-refractivity contribution >= 4 is 12.1 Å². The van der Waals surface area contributed by atoms with E-state index in [4.69, 9.17) is 4.74 Å². The van der Waals surface area contributed by atoms with Crippen molar-refractivity contribution in [2.75, 3.05) is 0 Å². The van der Waals surface area contributed by atoms with E-state index in [9.17, 15) is 14.7 Å². The second-order valence-electron chi connectivity index (χ2n) is 5.65. The molecule has 1 aromatic rings. The molecule has 2 aliphatic rings. The van der Waals surface area contributed by atoms with Crippen LogP contribution in [0.15, 0.2) is 42.5 Å². The summed E-state index contributed by atoms with van der Waals surface area (Å²) < 4.78 is 5.14. The highest BCUT2D eigenvalue weighted by molar-refractivity contribution is 5.86. The van der Waals surface area contributed by atoms with Crippen molar-refractivity contribution < 1.29 is 19.4 Å². The molecule has 0 saturated heterocycles. The lowest BCUT2D eigenvalue weighted by molar-refractivity contribution is -0.145. The molecule has 2 aliphatic carbocycles. The fraction of sp³-hybridized carbons (Fsp3) is 0.375. The third kappa shape index (κ3) is 2.51. The van der Waals surface area contributed by atoms with Crippen LogP contribution in [0.25, 0.3) is 0 Å². The van der Waals surface area contributed by atoms with E-state index < -0.39 is 17.6 Å². The van der Waals surface area contributed by atoms with Crippen molar-refractivity contribution in [3.05, 3.63) is 48.0 Å². The van der Waals surface area contributed by atoms with Crippen LogP contribution in [0.4, 0.5) is 4.79 Å². The number of carbonyl (C=O) groups excluding carboxylic acids is 1. The molecule has 3 rings (SSSR count). The topological polar surface area (TPSA) is 75.6 Å². The zero-order chi connectivity index (χ0) is 14.9. The molecule has 0 unspecified atom stereocenters. The fourth-order valence-corrected chi connectivity index (χ4v) is 3.24. The zero-order valence-electron chi connectivity index (χ0n) is 11.5. The van der Waals surface area contributed by atoms with E-state index in [1.807, 2.05) is 42.5 Å². The Morgan fingerprint density at radius 2 is 2.05 bits per heavy atom. The second kappa shape index (κ2) is 5.24. The van der Waals surface area contributed by atoms with Gasteiger partial charge in [0.15, 0.2) is 0 Å². The minimum atomic E-state index is -1.22. The Morgan fingerprint density at radius 3 is 2.62 bits per heavy atom. The number of nitrogens with one attached hydrogen (secondary N) is 1. The summed E-state index contributed by atoms with van der Waals surface area (Å²) in [7, 11) is 0. The molecule has 0 aliphatic heterocycles. The Hall–Kier alpha value is -2.30. The van der Waals surface area contributed by atoms with Crippen molar-refractivity contribution in [1.82, 2.24) is 5.32 Å². The molecule has 5 nitrogen and oxygen atoms in total. The quantitative estimate of drug-likeness (QED) is 0.833. The number of ether oxygens (including phenoxy) is 1. The Bertz CT molecular complexity index is 583. The third-order valence-electron chi connectivity index (χ3n) is 4.31. The molecule has 0 aromatic heterocycles. The van der Waals surface area contributed by atoms with Gasteiger partial charge in [-0.3, -0.25) is 0 Å². The van der Waals surface area contributed by atoms with Gasteiger partial charge in [0.1, 0.15) is 12.1 Å². The van der Waals surface area contributed by atoms with E-state index in [2.05, 4.69) is 5.32 Å². The van der Waals surface area contributed by atoms with Gasteiger partial charge in [-0.2, -0.15) is 0 Å². The number of fused-ring (bicyclic) bond motifs is 2. The first kappa shape index (κ1) is 13.7. The molecule has 0 radical (unpaired) electrons. The molecule has 1 amide bonds. The lowest BCUT2D eigenvalue weighted by atomic mass is 9.84. The minimum Gasteiger partial charge on any atom is -0.479 e. The van der Waals surface area contributed by atoms with Crippen LogP contribution in [-0.4, -0.2) is 22.7 Å². The normalized spacial score (nSPS) is 29.3. The summed E-state index contributed by atoms with van der Waals surface area (Å²) in [6, 6.07) is 9.29. The number of carboxylic acids is 1. The van der Waals surface area contributed by atoms with Crippen molar-refractivity contribution in [3.8, 4) is 0 Å². The molecule has 0 heterocycles. The van der Waals surface area contributed by atoms with Gasteiger partial charge in [-0.05, 0) is 24.3 Å². The van der Waals surface area contributed by atoms with Gasteiger partial charge in [0, 0.05) is 5.92 Å². The first-order valence-corrected chi connectivity index (χ1v) is 7.01. The average molecular weight is 287 g/mol. The fourth-order valence-electron chi connectivity index (χ4n) is 3.24. The summed E-state index contributed by atoms with van der Waals surface area (Å²) in [5.74, 6) is -0.902. The van der Waals surface area contributed by atoms with E-state index in [1.54, 1.807) is 0 Å². The molecule has 3 atom stereocenters. The highest BCUT2D eigenvalue weighted by atomic mass is 16.5. The molecular weight excluding hydrogens is 270 g/mol. The largest absolute Gasteiger partial charge is 0.479 e. The standard InChI is InChI=1S/C16H17NO4/c18-14(19)16(9-12-6-7-13(16)8-12)17-15(20)21-10-11-4-2-1-3-5-11/h1-7,12-13H,8-10H2,(H,17,20)(H,18,19)/t12-,13+,16+/m0/s1. The Labute approximate surface area is 122 Å². The highest BCUT2D eigenvalue weighted by Gasteiger charge is 2.55. The summed E-state index contributed by atoms with van der Waals surface area (Å²) >= 11 is 0. The number of carboxylic acid groups (broad SMARTS) is 1. The lowest BCUT2D eigenvalue weighted by Crippen LogP contribution is -2.57. The molecule has 1 aromatic carbocycles. The number of amides is 1. The average Bonchev–Trinajstić information content (AvgIpc) is 3.07. The zero-order valence-corrected chi connectivity index (χ0v) is 11.5. The van der Waals surface area contributed by atoms with Crippen LogP contribution >= 0.6 is 0 Å². The molecule has 5 heteroatoms. The molecule has 110 valence electrons. The van der Waals surface area contributed by atoms with Crippen LogP contribution in [0.5, 0.6) is 0 Å². The molecule has 2 N–H and O–H groups in total. The maximum Gasteiger partial charge on any atom is 0.408 e. The van der Waals surface area contributed by atoms with E-state index in [-0.39, 0.29) is 18.4 Å². The summed E-state index contributed by atoms with van der Waals surface area (Å²) in [6.07, 6.45) is 4.46. The van der Waals surface area contributed by atoms with E-state index in [1.165, 1.54) is 0 Å². The monoisotopic (exact) mass is 287 g/mol. The Balaban J connectivity index is 1.63. The predicted molar refractivity (Wildman–Crippen MR) is 75.5 cm³/mol. The molecule has 0 spiro atoms. The first-order chi connectivity index (χ1) is 10.1. The Morgan fingerprint density at radius 1 is 1.29 bits per heavy atom. The summed E-state index contributed by atoms with van der Waals surface area (Å²) in [4.78, 5) is 23.6. The maximum absolute atomic E-state index is 11.9. The van der Waals surface area contributed by atoms with Gasteiger partial charge < -0.3 is 15.2 Å². The van der Waals surface area contributed by atoms with Gasteiger partial charge in [0.05, 0.1) is 0 Å². The van der Waals surface area contributed by atoms with Gasteiger partial charge in [-0.1, -0.05) is 42.5 Å². The van der Waals surface area contributed by atoms with E-state index in [0.29, 0.717) is 6.42 Å². The van der Waals surface area contributed by atoms with Crippen molar-refractivity contribution in [1.29, 1.82) is 0 Å². The van der Waals surface area contributed by atoms with E-state index in [0.717, 1.165) is 12.0 Å². The van der Waals surface area contributed by atoms with Crippen LogP contribution in [0.3, 0.4) is 0 Å². The van der Waals surface area contributed by atoms with Gasteiger partial charge >= 0.3 is 12.1 Å². The highest BCUT2D eigenvalue weighted by Crippen LogP contribution is 2.46. The van der Waals surface area contributed by atoms with E-state index >= 15 is 0 Å². The van der Waals surface area contributed by atoms with Crippen LogP contribution in [-0.2, 0) is 16.1 Å². The number of carbonyl (C=O) groups is 2. The van der Waals surface area contributed by atoms with Gasteiger partial charge in [0.25, 0.3) is 0 Å². The number of hydrogen-bond donors (Lipinski definition) is 2. The number of alkyl carbamates (subject to hydrolysis) is 1. The van der Waals surface area contributed by atoms with Crippen LogP contribution in [0.1, 0.15) is 18.4 Å². The summed E-state index contributed by atoms with van der Waals surface area (Å²) in [5, 5.41) is 12.1. The smallest absolute Gasteiger partial charge is 0.408 e. The molecule has 2 bridgehead atoms. The first-order valence-electron chi connectivity index (χ1n) is 7.01. The summed E-state index contributed by atoms with van der Waals surface area (Å²) in [5.41, 5.74) is -0.349. The van der Waals surface area contributed by atoms with Crippen LogP contribution < -0.4 is 5.32 Å². The molecule has 1 fully saturated rings. The number of aliphatic carboxylic acids is 1. The maximum atomic E-state index is 11.9. The molecular formula is C16H17NO4. The van der Waals surface area contributed by atoms with Gasteiger partial charge in [-0.25, -0.2) is 9.59 Å². The second-order valence-corrected chi connectivity index (χ2v) is 5.65. The van der Waals surface area contributed by atoms with Crippen molar-refractivity contribution in [3.63, 3.8) is 0 Å². The number of rotatable bonds is 4. The lowest BCUT2D eigenvalue weighted by Gasteiger charge is -2.31. The Kier molecular flexibility index (Phi) is 3.41. The van der Waals surface area contributed by atoms with Crippen LogP contribution in [0, 0.1) is 11.8 Å². The predicted octanol–water partition coefficient (Wildman–Crippen LogP) is 2.33. The minimum absolute atomic E-state index is 0.131. The SMILES string of the molecule is O=C(N[C@]1(C(=O)O)C[C@H]2C=C[C@@H]1C2)OCc1ccccc1. The van der Waals surface area contributed by atoms with Gasteiger partial charge in [-0.15, -0.1) is 0 Å². The van der Waals surface area contributed by atoms with Crippen molar-refractivity contribution in [2.24, 2.45) is 11.8 Å². The van der Waals surface area contributed by atoms with Gasteiger partial charge in [0.2, 0.25) is 0 Å². The number of allylic oxidation sites excluding steroid dienone is 1. The molecule has 21 heavy (non-hydrogen) atoms.